The predicted octanol–water partition coefficient (Wildman–Crippen LogP) is 1.83. The molecule has 2 aromatic rings. The Bertz CT molecular complexity index is 604. The van der Waals surface area contributed by atoms with Gasteiger partial charge in [-0.2, -0.15) is 9.97 Å². The van der Waals surface area contributed by atoms with E-state index in [-0.39, 0.29) is 5.95 Å². The number of ether oxygens (including phenoxy) is 3. The maximum absolute atomic E-state index is 5.60. The topological polar surface area (TPSA) is 91.5 Å². The first-order chi connectivity index (χ1) is 9.66. The van der Waals surface area contributed by atoms with Crippen molar-refractivity contribution in [2.75, 3.05) is 32.4 Å². The average molecular weight is 276 g/mol. The van der Waals surface area contributed by atoms with Crippen LogP contribution in [-0.4, -0.2) is 31.3 Å². The second kappa shape index (κ2) is 5.96. The molecule has 1 heterocycles. The van der Waals surface area contributed by atoms with Gasteiger partial charge in [0.2, 0.25) is 11.8 Å². The molecule has 20 heavy (non-hydrogen) atoms. The zero-order valence-electron chi connectivity index (χ0n) is 11.5. The van der Waals surface area contributed by atoms with Gasteiger partial charge in [0, 0.05) is 17.8 Å². The number of aromatic nitrogens is 2. The summed E-state index contributed by atoms with van der Waals surface area (Å²) in [5, 5.41) is 3.10. The number of rotatable bonds is 5. The Kier molecular flexibility index (Phi) is 4.09. The molecule has 0 radical (unpaired) electrons. The van der Waals surface area contributed by atoms with Crippen molar-refractivity contribution in [2.24, 2.45) is 0 Å². The van der Waals surface area contributed by atoms with Crippen LogP contribution in [0.15, 0.2) is 24.3 Å². The van der Waals surface area contributed by atoms with Gasteiger partial charge in [-0.15, -0.1) is 0 Å². The van der Waals surface area contributed by atoms with Crippen LogP contribution in [0.4, 0.5) is 17.5 Å². The van der Waals surface area contributed by atoms with Crippen molar-refractivity contribution in [3.8, 4) is 17.4 Å². The molecule has 1 aromatic heterocycles. The maximum atomic E-state index is 5.60. The number of nitrogens with one attached hydrogen (secondary N) is 1. The number of nitrogens with zero attached hydrogens (tertiary/aromatic N) is 2. The fourth-order valence-electron chi connectivity index (χ4n) is 1.67. The number of anilines is 3. The summed E-state index contributed by atoms with van der Waals surface area (Å²) in [5.41, 5.74) is 6.38. The third kappa shape index (κ3) is 3.00. The van der Waals surface area contributed by atoms with E-state index < -0.39 is 0 Å². The summed E-state index contributed by atoms with van der Waals surface area (Å²) < 4.78 is 15.5. The second-order valence-corrected chi connectivity index (χ2v) is 3.85. The fourth-order valence-corrected chi connectivity index (χ4v) is 1.67. The van der Waals surface area contributed by atoms with Crippen molar-refractivity contribution < 1.29 is 14.2 Å². The summed E-state index contributed by atoms with van der Waals surface area (Å²) >= 11 is 0. The Morgan fingerprint density at radius 1 is 0.950 bits per heavy atom. The quantitative estimate of drug-likeness (QED) is 0.860. The van der Waals surface area contributed by atoms with Crippen LogP contribution in [-0.2, 0) is 0 Å². The van der Waals surface area contributed by atoms with Gasteiger partial charge in [0.05, 0.1) is 21.3 Å². The number of hydrogen-bond donors (Lipinski definition) is 2. The summed E-state index contributed by atoms with van der Waals surface area (Å²) in [6.07, 6.45) is 0. The SMILES string of the molecule is COc1cc(Nc2ccc(OC)c(OC)c2)nc(N)n1. The van der Waals surface area contributed by atoms with E-state index >= 15 is 0 Å². The lowest BCUT2D eigenvalue weighted by atomic mass is 10.2. The van der Waals surface area contributed by atoms with Crippen LogP contribution in [0.3, 0.4) is 0 Å². The Morgan fingerprint density at radius 2 is 1.70 bits per heavy atom. The number of benzene rings is 1. The lowest BCUT2D eigenvalue weighted by molar-refractivity contribution is 0.355. The molecule has 0 aliphatic rings. The van der Waals surface area contributed by atoms with E-state index in [1.807, 2.05) is 6.07 Å². The maximum Gasteiger partial charge on any atom is 0.225 e. The average Bonchev–Trinajstić information content (AvgIpc) is 2.46. The number of nitrogen functional groups attached to an aromatic ring is 1. The van der Waals surface area contributed by atoms with Gasteiger partial charge >= 0.3 is 0 Å². The van der Waals surface area contributed by atoms with Gasteiger partial charge in [-0.05, 0) is 12.1 Å². The Balaban J connectivity index is 2.27. The van der Waals surface area contributed by atoms with E-state index in [1.54, 1.807) is 32.4 Å². The zero-order chi connectivity index (χ0) is 14.5. The Hall–Kier alpha value is -2.70. The van der Waals surface area contributed by atoms with Crippen LogP contribution in [0, 0.1) is 0 Å². The lowest BCUT2D eigenvalue weighted by Crippen LogP contribution is -2.02. The molecule has 7 nitrogen and oxygen atoms in total. The van der Waals surface area contributed by atoms with Gasteiger partial charge in [0.25, 0.3) is 0 Å². The highest BCUT2D eigenvalue weighted by atomic mass is 16.5. The van der Waals surface area contributed by atoms with Gasteiger partial charge in [-0.3, -0.25) is 0 Å². The third-order valence-electron chi connectivity index (χ3n) is 2.59. The minimum atomic E-state index is 0.132. The van der Waals surface area contributed by atoms with E-state index in [0.717, 1.165) is 5.69 Å². The van der Waals surface area contributed by atoms with Crippen LogP contribution < -0.4 is 25.3 Å². The van der Waals surface area contributed by atoms with Crippen molar-refractivity contribution in [1.29, 1.82) is 0 Å². The minimum absolute atomic E-state index is 0.132. The molecule has 0 fully saturated rings. The first-order valence-electron chi connectivity index (χ1n) is 5.84. The number of nitrogens with two attached hydrogens (primary N) is 1. The third-order valence-corrected chi connectivity index (χ3v) is 2.59. The van der Waals surface area contributed by atoms with Crippen molar-refractivity contribution in [1.82, 2.24) is 9.97 Å². The molecule has 0 saturated heterocycles. The van der Waals surface area contributed by atoms with Gasteiger partial charge in [0.15, 0.2) is 11.5 Å². The molecule has 0 atom stereocenters. The van der Waals surface area contributed by atoms with Crippen molar-refractivity contribution >= 4 is 17.5 Å². The molecule has 0 aliphatic heterocycles. The highest BCUT2D eigenvalue weighted by Crippen LogP contribution is 2.31. The van der Waals surface area contributed by atoms with Gasteiger partial charge in [0.1, 0.15) is 5.82 Å². The van der Waals surface area contributed by atoms with Crippen LogP contribution in [0.25, 0.3) is 0 Å². The van der Waals surface area contributed by atoms with Crippen molar-refractivity contribution in [3.05, 3.63) is 24.3 Å². The van der Waals surface area contributed by atoms with Gasteiger partial charge < -0.3 is 25.3 Å². The summed E-state index contributed by atoms with van der Waals surface area (Å²) in [4.78, 5) is 7.99. The first kappa shape index (κ1) is 13.7. The predicted molar refractivity (Wildman–Crippen MR) is 75.8 cm³/mol. The fraction of sp³-hybridized carbons (Fsp3) is 0.231. The molecule has 0 aliphatic carbocycles. The van der Waals surface area contributed by atoms with E-state index in [2.05, 4.69) is 15.3 Å². The first-order valence-corrected chi connectivity index (χ1v) is 5.84. The van der Waals surface area contributed by atoms with E-state index in [4.69, 9.17) is 19.9 Å². The smallest absolute Gasteiger partial charge is 0.225 e. The molecule has 3 N–H and O–H groups in total. The van der Waals surface area contributed by atoms with Crippen LogP contribution >= 0.6 is 0 Å². The molecule has 1 aromatic carbocycles. The van der Waals surface area contributed by atoms with Crippen LogP contribution in [0.1, 0.15) is 0 Å². The van der Waals surface area contributed by atoms with Gasteiger partial charge in [-0.1, -0.05) is 0 Å². The Morgan fingerprint density at radius 3 is 2.35 bits per heavy atom. The van der Waals surface area contributed by atoms with Crippen LogP contribution in [0.2, 0.25) is 0 Å². The Labute approximate surface area is 116 Å². The molecule has 2 rings (SSSR count). The lowest BCUT2D eigenvalue weighted by Gasteiger charge is -2.11. The molecule has 106 valence electrons. The molecule has 0 amide bonds. The molecular formula is C13H16N4O3. The molecule has 0 unspecified atom stereocenters. The van der Waals surface area contributed by atoms with Crippen molar-refractivity contribution in [3.63, 3.8) is 0 Å². The molecule has 0 bridgehead atoms. The normalized spacial score (nSPS) is 9.95. The van der Waals surface area contributed by atoms with E-state index in [0.29, 0.717) is 23.2 Å². The van der Waals surface area contributed by atoms with Crippen molar-refractivity contribution in [2.45, 2.75) is 0 Å². The van der Waals surface area contributed by atoms with Gasteiger partial charge in [-0.25, -0.2) is 0 Å². The largest absolute Gasteiger partial charge is 0.493 e. The molecular weight excluding hydrogens is 260 g/mol. The zero-order valence-corrected chi connectivity index (χ0v) is 11.5. The highest BCUT2D eigenvalue weighted by Gasteiger charge is 2.07. The summed E-state index contributed by atoms with van der Waals surface area (Å²) in [6, 6.07) is 7.08. The minimum Gasteiger partial charge on any atom is -0.493 e. The molecule has 0 spiro atoms. The summed E-state index contributed by atoms with van der Waals surface area (Å²) in [7, 11) is 4.68. The van der Waals surface area contributed by atoms with Crippen LogP contribution in [0.5, 0.6) is 17.4 Å². The van der Waals surface area contributed by atoms with E-state index in [1.165, 1.54) is 7.11 Å². The monoisotopic (exact) mass is 276 g/mol. The number of methoxy groups -OCH3 is 3. The van der Waals surface area contributed by atoms with E-state index in [9.17, 15) is 0 Å². The molecule has 7 heteroatoms. The second-order valence-electron chi connectivity index (χ2n) is 3.85. The standard InChI is InChI=1S/C13H16N4O3/c1-18-9-5-4-8(6-10(9)19-2)15-11-7-12(20-3)17-13(14)16-11/h4-7H,1-3H3,(H3,14,15,16,17). The summed E-state index contributed by atoms with van der Waals surface area (Å²) in [5.74, 6) is 2.32. The number of hydrogen-bond acceptors (Lipinski definition) is 7. The highest BCUT2D eigenvalue weighted by molar-refractivity contribution is 5.62. The summed E-state index contributed by atoms with van der Waals surface area (Å²) in [6.45, 7) is 0. The molecule has 0 saturated carbocycles.